The Labute approximate surface area is 245 Å². The zero-order valence-electron chi connectivity index (χ0n) is 23.1. The lowest BCUT2D eigenvalue weighted by Gasteiger charge is -2.37. The number of hydrogen-bond acceptors (Lipinski definition) is 5. The summed E-state index contributed by atoms with van der Waals surface area (Å²) < 4.78 is 0. The average Bonchev–Trinajstić information content (AvgIpc) is 3.37. The topological polar surface area (TPSA) is 45.2 Å². The van der Waals surface area contributed by atoms with Gasteiger partial charge in [0.15, 0.2) is 17.5 Å². The Morgan fingerprint density at radius 1 is 0.452 bits per heavy atom. The second-order valence-corrected chi connectivity index (χ2v) is 10.6. The van der Waals surface area contributed by atoms with Gasteiger partial charge in [-0.3, -0.25) is 0 Å². The number of para-hydroxylation sites is 3. The molecule has 0 fully saturated rings. The molecule has 0 radical (unpaired) electrons. The lowest BCUT2D eigenvalue weighted by molar-refractivity contribution is 0.814. The first-order chi connectivity index (χ1) is 20.7. The first-order valence-electron chi connectivity index (χ1n) is 14.1. The molecule has 2 aliphatic heterocycles. The maximum atomic E-state index is 4.91. The number of hydrogen-bond donors (Lipinski definition) is 0. The highest BCUT2D eigenvalue weighted by atomic mass is 15.4. The van der Waals surface area contributed by atoms with E-state index in [9.17, 15) is 0 Å². The quantitative estimate of drug-likeness (QED) is 0.224. The zero-order chi connectivity index (χ0) is 28.0. The molecule has 0 spiro atoms. The molecule has 3 heterocycles. The van der Waals surface area contributed by atoms with Crippen molar-refractivity contribution < 1.29 is 0 Å². The van der Waals surface area contributed by atoms with Gasteiger partial charge in [0.2, 0.25) is 0 Å². The van der Waals surface area contributed by atoms with Gasteiger partial charge in [-0.05, 0) is 35.4 Å². The molecule has 5 heteroatoms. The molecule has 0 bridgehead atoms. The molecule has 2 aliphatic rings. The van der Waals surface area contributed by atoms with Crippen molar-refractivity contribution in [3.8, 4) is 34.2 Å². The lowest BCUT2D eigenvalue weighted by Crippen LogP contribution is -2.41. The van der Waals surface area contributed by atoms with Gasteiger partial charge in [-0.1, -0.05) is 115 Å². The Bertz CT molecular complexity index is 1890. The fraction of sp³-hybridized carbons (Fsp3) is 0.0541. The minimum absolute atomic E-state index is 0.0645. The van der Waals surface area contributed by atoms with Crippen molar-refractivity contribution in [1.29, 1.82) is 0 Å². The number of rotatable bonds is 4. The molecule has 0 aliphatic carbocycles. The molecular weight excluding hydrogens is 514 g/mol. The van der Waals surface area contributed by atoms with Crippen molar-refractivity contribution in [3.63, 3.8) is 0 Å². The highest BCUT2D eigenvalue weighted by molar-refractivity contribution is 6.01. The second-order valence-electron chi connectivity index (χ2n) is 10.6. The van der Waals surface area contributed by atoms with Crippen LogP contribution in [0.3, 0.4) is 0 Å². The third-order valence-corrected chi connectivity index (χ3v) is 8.09. The molecule has 1 unspecified atom stereocenters. The predicted molar refractivity (Wildman–Crippen MR) is 171 cm³/mol. The summed E-state index contributed by atoms with van der Waals surface area (Å²) in [4.78, 5) is 19.5. The number of benzene rings is 5. The molecule has 0 amide bonds. The predicted octanol–water partition coefficient (Wildman–Crippen LogP) is 8.34. The third-order valence-electron chi connectivity index (χ3n) is 8.09. The van der Waals surface area contributed by atoms with Gasteiger partial charge in [0.25, 0.3) is 0 Å². The minimum atomic E-state index is 0.0645. The second kappa shape index (κ2) is 9.82. The molecule has 6 aromatic rings. The van der Waals surface area contributed by atoms with Gasteiger partial charge < -0.3 is 9.80 Å². The molecule has 200 valence electrons. The van der Waals surface area contributed by atoms with E-state index in [0.29, 0.717) is 17.5 Å². The van der Waals surface area contributed by atoms with E-state index in [1.165, 1.54) is 33.8 Å². The van der Waals surface area contributed by atoms with Gasteiger partial charge in [-0.2, -0.15) is 0 Å². The van der Waals surface area contributed by atoms with Crippen LogP contribution in [0, 0.1) is 0 Å². The summed E-state index contributed by atoms with van der Waals surface area (Å²) in [5.74, 6) is 1.98. The van der Waals surface area contributed by atoms with Gasteiger partial charge in [0.1, 0.15) is 6.17 Å². The van der Waals surface area contributed by atoms with Crippen molar-refractivity contribution in [1.82, 2.24) is 15.0 Å². The molecule has 8 rings (SSSR count). The van der Waals surface area contributed by atoms with E-state index < -0.39 is 0 Å². The summed E-state index contributed by atoms with van der Waals surface area (Å²) in [6, 6.07) is 46.1. The lowest BCUT2D eigenvalue weighted by atomic mass is 9.93. The number of aromatic nitrogens is 3. The van der Waals surface area contributed by atoms with Gasteiger partial charge in [-0.25, -0.2) is 15.0 Å². The van der Waals surface area contributed by atoms with Crippen LogP contribution in [-0.4, -0.2) is 28.2 Å². The van der Waals surface area contributed by atoms with Gasteiger partial charge in [-0.15, -0.1) is 0 Å². The van der Waals surface area contributed by atoms with Gasteiger partial charge in [0.05, 0.1) is 17.1 Å². The Morgan fingerprint density at radius 2 is 0.905 bits per heavy atom. The molecule has 0 saturated carbocycles. The Morgan fingerprint density at radius 3 is 1.50 bits per heavy atom. The van der Waals surface area contributed by atoms with Crippen LogP contribution in [-0.2, 0) is 0 Å². The van der Waals surface area contributed by atoms with Crippen LogP contribution in [0.5, 0.6) is 0 Å². The van der Waals surface area contributed by atoms with Crippen LogP contribution in [0.15, 0.2) is 133 Å². The van der Waals surface area contributed by atoms with Crippen LogP contribution >= 0.6 is 0 Å². The van der Waals surface area contributed by atoms with E-state index in [-0.39, 0.29) is 6.17 Å². The largest absolute Gasteiger partial charge is 0.348 e. The van der Waals surface area contributed by atoms with Crippen LogP contribution in [0.1, 0.15) is 11.1 Å². The molecule has 1 aromatic heterocycles. The van der Waals surface area contributed by atoms with E-state index in [1.807, 2.05) is 60.7 Å². The number of likely N-dealkylation sites (N-methyl/N-ethyl adjacent to an activating group) is 1. The maximum absolute atomic E-state index is 4.91. The Balaban J connectivity index is 1.22. The fourth-order valence-corrected chi connectivity index (χ4v) is 6.06. The Kier molecular flexibility index (Phi) is 5.67. The van der Waals surface area contributed by atoms with Crippen LogP contribution < -0.4 is 9.80 Å². The maximum Gasteiger partial charge on any atom is 0.164 e. The van der Waals surface area contributed by atoms with Gasteiger partial charge in [0, 0.05) is 29.3 Å². The summed E-state index contributed by atoms with van der Waals surface area (Å²) in [5, 5.41) is 0. The smallest absolute Gasteiger partial charge is 0.164 e. The van der Waals surface area contributed by atoms with Crippen LogP contribution in [0.25, 0.3) is 45.8 Å². The van der Waals surface area contributed by atoms with E-state index in [0.717, 1.165) is 16.7 Å². The highest BCUT2D eigenvalue weighted by Crippen LogP contribution is 2.51. The summed E-state index contributed by atoms with van der Waals surface area (Å²) in [6.45, 7) is 0. The van der Waals surface area contributed by atoms with Crippen molar-refractivity contribution in [2.75, 3.05) is 16.8 Å². The van der Waals surface area contributed by atoms with E-state index in [2.05, 4.69) is 95.7 Å². The molecule has 0 saturated heterocycles. The van der Waals surface area contributed by atoms with Crippen LogP contribution in [0.2, 0.25) is 0 Å². The van der Waals surface area contributed by atoms with Crippen LogP contribution in [0.4, 0.5) is 17.1 Å². The van der Waals surface area contributed by atoms with E-state index in [4.69, 9.17) is 15.0 Å². The number of nitrogens with zero attached hydrogens (tertiary/aromatic N) is 5. The van der Waals surface area contributed by atoms with Crippen molar-refractivity contribution in [2.24, 2.45) is 0 Å². The standard InChI is InChI=1S/C37H27N5/c1-41-32-18-10-11-19-33(32)42-31-17-9-8-16-29(31)24-30(37(41)42)25-20-22-28(23-21-25)36-39-34(26-12-4-2-5-13-26)38-35(40-36)27-14-6-3-7-15-27/h2-24,37H,1H3. The molecule has 5 nitrogen and oxygen atoms in total. The minimum Gasteiger partial charge on any atom is -0.348 e. The monoisotopic (exact) mass is 541 g/mol. The first kappa shape index (κ1) is 24.3. The fourth-order valence-electron chi connectivity index (χ4n) is 6.06. The van der Waals surface area contributed by atoms with Crippen molar-refractivity contribution in [3.05, 3.63) is 145 Å². The summed E-state index contributed by atoms with van der Waals surface area (Å²) in [5.41, 5.74) is 10.2. The number of anilines is 3. The summed E-state index contributed by atoms with van der Waals surface area (Å²) >= 11 is 0. The molecule has 42 heavy (non-hydrogen) atoms. The van der Waals surface area contributed by atoms with E-state index in [1.54, 1.807) is 0 Å². The molecule has 1 atom stereocenters. The Hall–Kier alpha value is -5.55. The van der Waals surface area contributed by atoms with Gasteiger partial charge >= 0.3 is 0 Å². The molecular formula is C37H27N5. The third kappa shape index (κ3) is 3.98. The van der Waals surface area contributed by atoms with E-state index >= 15 is 0 Å². The molecule has 0 N–H and O–H groups in total. The summed E-state index contributed by atoms with van der Waals surface area (Å²) in [7, 11) is 2.18. The zero-order valence-corrected chi connectivity index (χ0v) is 23.1. The first-order valence-corrected chi connectivity index (χ1v) is 14.1. The summed E-state index contributed by atoms with van der Waals surface area (Å²) in [6.07, 6.45) is 2.40. The average molecular weight is 542 g/mol. The highest BCUT2D eigenvalue weighted by Gasteiger charge is 2.40. The van der Waals surface area contributed by atoms with Crippen molar-refractivity contribution in [2.45, 2.75) is 6.17 Å². The van der Waals surface area contributed by atoms with Crippen molar-refractivity contribution >= 4 is 28.7 Å². The number of fused-ring (bicyclic) bond motifs is 5. The normalized spacial score (nSPS) is 15.1. The SMILES string of the molecule is CN1c2ccccc2N2c3ccccc3C=C(c3ccc(-c4nc(-c5ccccc5)nc(-c5ccccc5)n4)cc3)C12. The molecule has 5 aromatic carbocycles.